The zero-order valence-electron chi connectivity index (χ0n) is 17.4. The van der Waals surface area contributed by atoms with Crippen LogP contribution in [-0.4, -0.2) is 26.6 Å². The standard InChI is InChI=1S/C24H23N3O2S2/c1-3-4-12-29-19-10-11-20(16(2)13-19)22-17(14-21-23(28)25-24(30)31-21)15-27(26-22)18-8-6-5-7-9-18/h5-11,13-15H,3-4,12H2,1-2H3,(H,25,28,30)/b21-14-. The summed E-state index contributed by atoms with van der Waals surface area (Å²) < 4.78 is 8.15. The molecule has 0 radical (unpaired) electrons. The highest BCUT2D eigenvalue weighted by molar-refractivity contribution is 8.26. The van der Waals surface area contributed by atoms with Gasteiger partial charge in [0, 0.05) is 17.3 Å². The van der Waals surface area contributed by atoms with Gasteiger partial charge in [-0.05, 0) is 55.3 Å². The van der Waals surface area contributed by atoms with Crippen LogP contribution in [0.3, 0.4) is 0 Å². The highest BCUT2D eigenvalue weighted by atomic mass is 32.2. The Morgan fingerprint density at radius 3 is 2.71 bits per heavy atom. The molecule has 0 atom stereocenters. The van der Waals surface area contributed by atoms with Crippen LogP contribution < -0.4 is 10.1 Å². The molecule has 5 nitrogen and oxygen atoms in total. The maximum Gasteiger partial charge on any atom is 0.263 e. The first-order chi connectivity index (χ1) is 15.0. The third-order valence-electron chi connectivity index (χ3n) is 4.91. The Balaban J connectivity index is 1.75. The summed E-state index contributed by atoms with van der Waals surface area (Å²) in [6, 6.07) is 16.0. The summed E-state index contributed by atoms with van der Waals surface area (Å²) in [5.74, 6) is 0.679. The van der Waals surface area contributed by atoms with Gasteiger partial charge in [0.1, 0.15) is 15.8 Å². The van der Waals surface area contributed by atoms with Gasteiger partial charge in [-0.1, -0.05) is 55.5 Å². The van der Waals surface area contributed by atoms with Crippen LogP contribution in [0.2, 0.25) is 0 Å². The summed E-state index contributed by atoms with van der Waals surface area (Å²) in [5.41, 5.74) is 4.67. The van der Waals surface area contributed by atoms with Gasteiger partial charge in [-0.3, -0.25) is 4.79 Å². The molecule has 1 amide bonds. The number of aromatic nitrogens is 2. The molecule has 1 N–H and O–H groups in total. The summed E-state index contributed by atoms with van der Waals surface area (Å²) >= 11 is 6.40. The van der Waals surface area contributed by atoms with Crippen molar-refractivity contribution in [3.63, 3.8) is 0 Å². The van der Waals surface area contributed by atoms with Gasteiger partial charge in [0.25, 0.3) is 5.91 Å². The number of unbranched alkanes of at least 4 members (excludes halogenated alkanes) is 1. The second-order valence-corrected chi connectivity index (χ2v) is 8.96. The van der Waals surface area contributed by atoms with E-state index in [9.17, 15) is 4.79 Å². The molecule has 1 aliphatic rings. The molecule has 158 valence electrons. The summed E-state index contributed by atoms with van der Waals surface area (Å²) in [6.07, 6.45) is 5.92. The zero-order chi connectivity index (χ0) is 21.8. The Labute approximate surface area is 191 Å². The number of hydrogen-bond acceptors (Lipinski definition) is 5. The summed E-state index contributed by atoms with van der Waals surface area (Å²) in [4.78, 5) is 12.8. The number of thiocarbonyl (C=S) groups is 1. The quantitative estimate of drug-likeness (QED) is 0.293. The van der Waals surface area contributed by atoms with Gasteiger partial charge >= 0.3 is 0 Å². The van der Waals surface area contributed by atoms with Crippen LogP contribution in [-0.2, 0) is 4.79 Å². The summed E-state index contributed by atoms with van der Waals surface area (Å²) in [6.45, 7) is 4.90. The number of nitrogens with zero attached hydrogens (tertiary/aromatic N) is 2. The number of benzene rings is 2. The molecule has 3 aromatic rings. The highest BCUT2D eigenvalue weighted by Gasteiger charge is 2.23. The van der Waals surface area contributed by atoms with Crippen LogP contribution in [0.4, 0.5) is 0 Å². The number of aryl methyl sites for hydroxylation is 1. The van der Waals surface area contributed by atoms with Gasteiger partial charge in [0.2, 0.25) is 0 Å². The largest absolute Gasteiger partial charge is 0.494 e. The molecule has 1 saturated heterocycles. The van der Waals surface area contributed by atoms with E-state index in [4.69, 9.17) is 22.1 Å². The highest BCUT2D eigenvalue weighted by Crippen LogP contribution is 2.33. The Kier molecular flexibility index (Phi) is 6.53. The maximum absolute atomic E-state index is 12.2. The van der Waals surface area contributed by atoms with Crippen LogP contribution in [0, 0.1) is 6.92 Å². The normalized spacial score (nSPS) is 14.8. The van der Waals surface area contributed by atoms with Gasteiger partial charge in [0.15, 0.2) is 0 Å². The molecule has 0 bridgehead atoms. The van der Waals surface area contributed by atoms with Gasteiger partial charge in [-0.25, -0.2) is 4.68 Å². The number of nitrogens with one attached hydrogen (secondary N) is 1. The van der Waals surface area contributed by atoms with Crippen molar-refractivity contribution in [3.05, 3.63) is 70.8 Å². The minimum absolute atomic E-state index is 0.176. The first-order valence-electron chi connectivity index (χ1n) is 10.2. The SMILES string of the molecule is CCCCOc1ccc(-c2nn(-c3ccccc3)cc2/C=C2\SC(=S)NC2=O)c(C)c1. The predicted octanol–water partition coefficient (Wildman–Crippen LogP) is 5.52. The minimum Gasteiger partial charge on any atom is -0.494 e. The van der Waals surface area contributed by atoms with Crippen molar-refractivity contribution in [2.24, 2.45) is 0 Å². The number of para-hydroxylation sites is 1. The topological polar surface area (TPSA) is 56.1 Å². The first kappa shape index (κ1) is 21.3. The van der Waals surface area contributed by atoms with Crippen LogP contribution in [0.5, 0.6) is 5.75 Å². The molecule has 2 heterocycles. The van der Waals surface area contributed by atoms with Crippen molar-refractivity contribution in [2.75, 3.05) is 6.61 Å². The number of amides is 1. The predicted molar refractivity (Wildman–Crippen MR) is 130 cm³/mol. The number of carbonyl (C=O) groups excluding carboxylic acids is 1. The number of carbonyl (C=O) groups is 1. The van der Waals surface area contributed by atoms with Crippen LogP contribution in [0.15, 0.2) is 59.6 Å². The lowest BCUT2D eigenvalue weighted by Gasteiger charge is -2.09. The van der Waals surface area contributed by atoms with Crippen molar-refractivity contribution in [3.8, 4) is 22.7 Å². The van der Waals surface area contributed by atoms with Crippen molar-refractivity contribution in [1.82, 2.24) is 15.1 Å². The summed E-state index contributed by atoms with van der Waals surface area (Å²) in [5, 5.41) is 7.53. The second kappa shape index (κ2) is 9.49. The Morgan fingerprint density at radius 2 is 2.03 bits per heavy atom. The van der Waals surface area contributed by atoms with E-state index in [2.05, 4.69) is 12.2 Å². The lowest BCUT2D eigenvalue weighted by atomic mass is 10.0. The molecule has 31 heavy (non-hydrogen) atoms. The van der Waals surface area contributed by atoms with Crippen molar-refractivity contribution >= 4 is 40.3 Å². The smallest absolute Gasteiger partial charge is 0.263 e. The number of thioether (sulfide) groups is 1. The van der Waals surface area contributed by atoms with Crippen molar-refractivity contribution < 1.29 is 9.53 Å². The van der Waals surface area contributed by atoms with Crippen LogP contribution in [0.25, 0.3) is 23.0 Å². The minimum atomic E-state index is -0.176. The maximum atomic E-state index is 12.2. The van der Waals surface area contributed by atoms with E-state index < -0.39 is 0 Å². The lowest BCUT2D eigenvalue weighted by molar-refractivity contribution is -0.115. The molecular formula is C24H23N3O2S2. The zero-order valence-corrected chi connectivity index (χ0v) is 19.1. The molecule has 4 rings (SSSR count). The average molecular weight is 450 g/mol. The monoisotopic (exact) mass is 449 g/mol. The molecule has 1 fully saturated rings. The van der Waals surface area contributed by atoms with Gasteiger partial charge in [-0.15, -0.1) is 0 Å². The van der Waals surface area contributed by atoms with E-state index in [0.29, 0.717) is 15.8 Å². The molecule has 0 spiro atoms. The third-order valence-corrected chi connectivity index (χ3v) is 6.07. The number of ether oxygens (including phenoxy) is 1. The van der Waals surface area contributed by atoms with E-state index in [1.165, 1.54) is 11.8 Å². The molecule has 0 aliphatic carbocycles. The van der Waals surface area contributed by atoms with Crippen LogP contribution >= 0.6 is 24.0 Å². The Hall–Kier alpha value is -2.90. The fourth-order valence-electron chi connectivity index (χ4n) is 3.30. The molecule has 0 unspecified atom stereocenters. The van der Waals surface area contributed by atoms with Gasteiger partial charge in [0.05, 0.1) is 17.2 Å². The van der Waals surface area contributed by atoms with Gasteiger partial charge < -0.3 is 10.1 Å². The molecule has 7 heteroatoms. The van der Waals surface area contributed by atoms with E-state index in [1.54, 1.807) is 0 Å². The van der Waals surface area contributed by atoms with Gasteiger partial charge in [-0.2, -0.15) is 5.10 Å². The first-order valence-corrected chi connectivity index (χ1v) is 11.4. The molecule has 2 aromatic carbocycles. The molecule has 1 aromatic heterocycles. The molecule has 0 saturated carbocycles. The van der Waals surface area contributed by atoms with E-state index >= 15 is 0 Å². The Morgan fingerprint density at radius 1 is 1.23 bits per heavy atom. The number of rotatable bonds is 7. The molecular weight excluding hydrogens is 426 g/mol. The Bertz CT molecular complexity index is 1150. The second-order valence-electron chi connectivity index (χ2n) is 7.24. The lowest BCUT2D eigenvalue weighted by Crippen LogP contribution is -2.17. The van der Waals surface area contributed by atoms with Crippen LogP contribution in [0.1, 0.15) is 30.9 Å². The number of hydrogen-bond donors (Lipinski definition) is 1. The van der Waals surface area contributed by atoms with Crippen molar-refractivity contribution in [2.45, 2.75) is 26.7 Å². The fraction of sp³-hybridized carbons (Fsp3) is 0.208. The fourth-order valence-corrected chi connectivity index (χ4v) is 4.34. The summed E-state index contributed by atoms with van der Waals surface area (Å²) in [7, 11) is 0. The van der Waals surface area contributed by atoms with E-state index in [1.807, 2.05) is 72.4 Å². The van der Waals surface area contributed by atoms with Crippen molar-refractivity contribution in [1.29, 1.82) is 0 Å². The van der Waals surface area contributed by atoms with E-state index in [0.717, 1.165) is 46.7 Å². The molecule has 1 aliphatic heterocycles. The van der Waals surface area contributed by atoms with E-state index in [-0.39, 0.29) is 5.91 Å². The third kappa shape index (κ3) is 4.89. The average Bonchev–Trinajstić information content (AvgIpc) is 3.32.